The van der Waals surface area contributed by atoms with Gasteiger partial charge in [0.15, 0.2) is 0 Å². The van der Waals surface area contributed by atoms with Crippen LogP contribution in [0.4, 0.5) is 0 Å². The fraction of sp³-hybridized carbons (Fsp3) is 0.526. The fourth-order valence-electron chi connectivity index (χ4n) is 3.21. The van der Waals surface area contributed by atoms with Gasteiger partial charge in [0, 0.05) is 6.08 Å². The zero-order valence-corrected chi connectivity index (χ0v) is 15.7. The number of hydrogen-bond acceptors (Lipinski definition) is 2. The molecule has 2 nitrogen and oxygen atoms in total. The highest BCUT2D eigenvalue weighted by atomic mass is 28.3. The lowest BCUT2D eigenvalue weighted by atomic mass is 10.3. The highest BCUT2D eigenvalue weighted by molar-refractivity contribution is 6.81. The van der Waals surface area contributed by atoms with E-state index < -0.39 is 8.07 Å². The van der Waals surface area contributed by atoms with Crippen LogP contribution < -0.4 is 0 Å². The van der Waals surface area contributed by atoms with Crippen LogP contribution >= 0.6 is 0 Å². The smallest absolute Gasteiger partial charge is 0.330 e. The second-order valence-electron chi connectivity index (χ2n) is 6.73. The minimum absolute atomic E-state index is 0.339. The predicted octanol–water partition coefficient (Wildman–Crippen LogP) is 5.67. The first-order chi connectivity index (χ1) is 10.2. The van der Waals surface area contributed by atoms with Crippen molar-refractivity contribution in [3.8, 4) is 0 Å². The van der Waals surface area contributed by atoms with E-state index in [2.05, 4.69) is 47.1 Å². The zero-order valence-electron chi connectivity index (χ0n) is 14.7. The highest BCUT2D eigenvalue weighted by Crippen LogP contribution is 2.35. The predicted molar refractivity (Wildman–Crippen MR) is 99.8 cm³/mol. The van der Waals surface area contributed by atoms with Crippen molar-refractivity contribution < 1.29 is 9.53 Å². The van der Waals surface area contributed by atoms with Gasteiger partial charge >= 0.3 is 5.97 Å². The van der Waals surface area contributed by atoms with Gasteiger partial charge in [-0.2, -0.15) is 0 Å². The summed E-state index contributed by atoms with van der Waals surface area (Å²) in [5.74, 6) is -0.339. The first-order valence-electron chi connectivity index (χ1n) is 7.93. The average Bonchev–Trinajstić information content (AvgIpc) is 2.35. The fourth-order valence-corrected chi connectivity index (χ4v) is 8.95. The maximum atomic E-state index is 11.0. The van der Waals surface area contributed by atoms with E-state index in [4.69, 9.17) is 4.74 Å². The summed E-state index contributed by atoms with van der Waals surface area (Å²) in [7, 11) is -1.53. The highest BCUT2D eigenvalue weighted by Gasteiger charge is 2.32. The van der Waals surface area contributed by atoms with Crippen LogP contribution in [-0.4, -0.2) is 20.7 Å². The summed E-state index contributed by atoms with van der Waals surface area (Å²) in [4.78, 5) is 11.0. The van der Waals surface area contributed by atoms with E-state index in [0.717, 1.165) is 31.0 Å². The van der Waals surface area contributed by atoms with Gasteiger partial charge in [-0.1, -0.05) is 35.8 Å². The Morgan fingerprint density at radius 2 is 1.41 bits per heavy atom. The molecule has 0 radical (unpaired) electrons. The molecule has 0 fully saturated rings. The summed E-state index contributed by atoms with van der Waals surface area (Å²) >= 11 is 0. The normalized spacial score (nSPS) is 10.9. The second kappa shape index (κ2) is 10.4. The number of hydrogen-bond donors (Lipinski definition) is 0. The van der Waals surface area contributed by atoms with E-state index in [1.54, 1.807) is 0 Å². The number of allylic oxidation sites excluding steroid dienone is 3. The molecule has 22 heavy (non-hydrogen) atoms. The molecule has 0 aliphatic carbocycles. The Morgan fingerprint density at radius 1 is 0.955 bits per heavy atom. The van der Waals surface area contributed by atoms with Crippen molar-refractivity contribution in [2.45, 2.75) is 57.8 Å². The van der Waals surface area contributed by atoms with E-state index in [1.165, 1.54) is 28.8 Å². The number of carbonyl (C=O) groups is 1. The SMILES string of the molecule is C=CC(=O)OCCCC[Si](CC(=C)C)(CC(=C)C)CC(=C)C. The van der Waals surface area contributed by atoms with Gasteiger partial charge in [0.2, 0.25) is 0 Å². The van der Waals surface area contributed by atoms with Gasteiger partial charge in [-0.15, -0.1) is 19.7 Å². The zero-order chi connectivity index (χ0) is 17.2. The van der Waals surface area contributed by atoms with Crippen molar-refractivity contribution in [3.63, 3.8) is 0 Å². The van der Waals surface area contributed by atoms with Gasteiger partial charge in [0.1, 0.15) is 0 Å². The molecule has 0 aliphatic heterocycles. The number of rotatable bonds is 12. The lowest BCUT2D eigenvalue weighted by Gasteiger charge is -2.33. The molecule has 0 aromatic carbocycles. The van der Waals surface area contributed by atoms with Crippen LogP contribution in [0.2, 0.25) is 24.2 Å². The van der Waals surface area contributed by atoms with Gasteiger partial charge in [-0.3, -0.25) is 0 Å². The first-order valence-corrected chi connectivity index (χ1v) is 10.8. The Balaban J connectivity index is 4.70. The summed E-state index contributed by atoms with van der Waals surface area (Å²) in [6.07, 6.45) is 3.18. The molecule has 0 bridgehead atoms. The molecule has 0 unspecified atom stereocenters. The summed E-state index contributed by atoms with van der Waals surface area (Å²) in [6.45, 7) is 22.6. The summed E-state index contributed by atoms with van der Waals surface area (Å²) in [5.41, 5.74) is 3.77. The third kappa shape index (κ3) is 9.56. The molecule has 0 spiro atoms. The summed E-state index contributed by atoms with van der Waals surface area (Å²) in [6, 6.07) is 4.57. The molecule has 0 amide bonds. The Kier molecular flexibility index (Phi) is 9.75. The average molecular weight is 321 g/mol. The standard InChI is InChI=1S/C19H32O2Si/c1-8-19(20)21-11-9-10-12-22(13-16(2)3,14-17(4)5)15-18(6)7/h8H,1-2,4,6,9-15H2,3,5,7H3. The lowest BCUT2D eigenvalue weighted by molar-refractivity contribution is -0.137. The molecule has 0 saturated heterocycles. The van der Waals surface area contributed by atoms with Gasteiger partial charge in [-0.25, -0.2) is 4.79 Å². The van der Waals surface area contributed by atoms with E-state index >= 15 is 0 Å². The van der Waals surface area contributed by atoms with Gasteiger partial charge in [0.25, 0.3) is 0 Å². The second-order valence-corrected chi connectivity index (χ2v) is 11.3. The summed E-state index contributed by atoms with van der Waals surface area (Å²) in [5, 5.41) is 0. The van der Waals surface area contributed by atoms with Crippen LogP contribution in [0.1, 0.15) is 33.6 Å². The van der Waals surface area contributed by atoms with Gasteiger partial charge < -0.3 is 4.74 Å². The molecular formula is C19H32O2Si. The Hall–Kier alpha value is -1.35. The van der Waals surface area contributed by atoms with Crippen LogP contribution in [0, 0.1) is 0 Å². The number of ether oxygens (including phenoxy) is 1. The monoisotopic (exact) mass is 320 g/mol. The van der Waals surface area contributed by atoms with Crippen molar-refractivity contribution in [3.05, 3.63) is 49.1 Å². The molecule has 0 N–H and O–H groups in total. The molecular weight excluding hydrogens is 288 g/mol. The van der Waals surface area contributed by atoms with Crippen LogP contribution in [0.25, 0.3) is 0 Å². The molecule has 0 aromatic heterocycles. The van der Waals surface area contributed by atoms with Crippen molar-refractivity contribution >= 4 is 14.0 Å². The quantitative estimate of drug-likeness (QED) is 0.152. The molecule has 3 heteroatoms. The Bertz CT molecular complexity index is 394. The molecule has 0 atom stereocenters. The lowest BCUT2D eigenvalue weighted by Crippen LogP contribution is -2.34. The number of esters is 1. The van der Waals surface area contributed by atoms with Crippen LogP contribution in [-0.2, 0) is 9.53 Å². The third-order valence-electron chi connectivity index (χ3n) is 3.54. The van der Waals surface area contributed by atoms with Gasteiger partial charge in [0.05, 0.1) is 14.7 Å². The molecule has 0 heterocycles. The minimum Gasteiger partial charge on any atom is -0.463 e. The number of carbonyl (C=O) groups excluding carboxylic acids is 1. The van der Waals surface area contributed by atoms with Crippen molar-refractivity contribution in [1.82, 2.24) is 0 Å². The van der Waals surface area contributed by atoms with E-state index in [9.17, 15) is 4.79 Å². The molecule has 0 aromatic rings. The largest absolute Gasteiger partial charge is 0.463 e. The van der Waals surface area contributed by atoms with Crippen molar-refractivity contribution in [2.24, 2.45) is 0 Å². The van der Waals surface area contributed by atoms with Crippen LogP contribution in [0.15, 0.2) is 49.1 Å². The molecule has 0 aliphatic rings. The molecule has 124 valence electrons. The third-order valence-corrected chi connectivity index (χ3v) is 9.02. The van der Waals surface area contributed by atoms with Gasteiger partial charge in [-0.05, 0) is 45.3 Å². The topological polar surface area (TPSA) is 26.3 Å². The maximum Gasteiger partial charge on any atom is 0.330 e. The number of unbranched alkanes of at least 4 members (excludes halogenated alkanes) is 1. The molecule has 0 saturated carbocycles. The van der Waals surface area contributed by atoms with Crippen LogP contribution in [0.3, 0.4) is 0 Å². The minimum atomic E-state index is -1.53. The van der Waals surface area contributed by atoms with E-state index in [0.29, 0.717) is 6.61 Å². The Labute approximate surface area is 137 Å². The molecule has 0 rings (SSSR count). The van der Waals surface area contributed by atoms with E-state index in [1.807, 2.05) is 0 Å². The van der Waals surface area contributed by atoms with Crippen molar-refractivity contribution in [1.29, 1.82) is 0 Å². The van der Waals surface area contributed by atoms with Crippen LogP contribution in [0.5, 0.6) is 0 Å². The maximum absolute atomic E-state index is 11.0. The van der Waals surface area contributed by atoms with Crippen molar-refractivity contribution in [2.75, 3.05) is 6.61 Å². The Morgan fingerprint density at radius 3 is 1.77 bits per heavy atom. The first kappa shape index (κ1) is 20.6. The van der Waals surface area contributed by atoms with E-state index in [-0.39, 0.29) is 5.97 Å². The summed E-state index contributed by atoms with van der Waals surface area (Å²) < 4.78 is 5.05.